The summed E-state index contributed by atoms with van der Waals surface area (Å²) in [4.78, 5) is 12.4. The van der Waals surface area contributed by atoms with Gasteiger partial charge in [0.15, 0.2) is 0 Å². The summed E-state index contributed by atoms with van der Waals surface area (Å²) in [6, 6.07) is 15.3. The van der Waals surface area contributed by atoms with E-state index in [1.807, 2.05) is 55.5 Å². The van der Waals surface area contributed by atoms with Gasteiger partial charge in [0.05, 0.1) is 20.3 Å². The Bertz CT molecular complexity index is 940. The molecular weight excluding hydrogens is 438 g/mol. The van der Waals surface area contributed by atoms with Gasteiger partial charge in [-0.15, -0.1) is 5.10 Å². The molecule has 1 aromatic heterocycles. The summed E-state index contributed by atoms with van der Waals surface area (Å²) in [7, 11) is 1.62. The van der Waals surface area contributed by atoms with Crippen molar-refractivity contribution in [3.8, 4) is 11.6 Å². The van der Waals surface area contributed by atoms with Gasteiger partial charge in [-0.3, -0.25) is 0 Å². The fraction of sp³-hybridized carbons (Fsp3) is 0.286. The Labute approximate surface area is 177 Å². The van der Waals surface area contributed by atoms with Crippen LogP contribution in [0.1, 0.15) is 35.0 Å². The van der Waals surface area contributed by atoms with Crippen LogP contribution in [0, 0.1) is 0 Å². The SMILES string of the molecule is CCCOC(=O)c1nnn(Cc2ccc(OC)cc2)c1OCc1ccc(Br)cc1. The predicted molar refractivity (Wildman–Crippen MR) is 111 cm³/mol. The lowest BCUT2D eigenvalue weighted by atomic mass is 10.2. The highest BCUT2D eigenvalue weighted by molar-refractivity contribution is 9.10. The molecule has 0 amide bonds. The highest BCUT2D eigenvalue weighted by atomic mass is 79.9. The number of carbonyl (C=O) groups is 1. The van der Waals surface area contributed by atoms with Crippen molar-refractivity contribution < 1.29 is 19.0 Å². The van der Waals surface area contributed by atoms with E-state index in [1.54, 1.807) is 11.8 Å². The normalized spacial score (nSPS) is 10.6. The third-order valence-electron chi connectivity index (χ3n) is 4.10. The maximum absolute atomic E-state index is 12.4. The van der Waals surface area contributed by atoms with E-state index >= 15 is 0 Å². The van der Waals surface area contributed by atoms with Gasteiger partial charge in [-0.25, -0.2) is 9.48 Å². The number of hydrogen-bond donors (Lipinski definition) is 0. The van der Waals surface area contributed by atoms with E-state index in [0.717, 1.165) is 27.8 Å². The van der Waals surface area contributed by atoms with Crippen LogP contribution in [0.2, 0.25) is 0 Å². The molecule has 0 bridgehead atoms. The molecule has 0 unspecified atom stereocenters. The van der Waals surface area contributed by atoms with E-state index < -0.39 is 5.97 Å². The number of carbonyl (C=O) groups excluding carboxylic acids is 1. The molecule has 0 aliphatic carbocycles. The van der Waals surface area contributed by atoms with Crippen molar-refractivity contribution in [2.75, 3.05) is 13.7 Å². The summed E-state index contributed by atoms with van der Waals surface area (Å²) in [5, 5.41) is 8.12. The lowest BCUT2D eigenvalue weighted by Gasteiger charge is -2.11. The smallest absolute Gasteiger partial charge is 0.364 e. The van der Waals surface area contributed by atoms with Gasteiger partial charge in [0.2, 0.25) is 11.6 Å². The average Bonchev–Trinajstić information content (AvgIpc) is 3.14. The molecular formula is C21H22BrN3O4. The summed E-state index contributed by atoms with van der Waals surface area (Å²) in [5.74, 6) is 0.506. The van der Waals surface area contributed by atoms with Crippen molar-refractivity contribution in [3.63, 3.8) is 0 Å². The van der Waals surface area contributed by atoms with Gasteiger partial charge in [0.1, 0.15) is 12.4 Å². The molecule has 152 valence electrons. The maximum Gasteiger partial charge on any atom is 0.364 e. The molecule has 0 aliphatic rings. The molecule has 8 heteroatoms. The van der Waals surface area contributed by atoms with E-state index in [2.05, 4.69) is 26.2 Å². The van der Waals surface area contributed by atoms with Gasteiger partial charge in [0, 0.05) is 4.47 Å². The first-order valence-corrected chi connectivity index (χ1v) is 10.0. The van der Waals surface area contributed by atoms with Gasteiger partial charge < -0.3 is 14.2 Å². The maximum atomic E-state index is 12.4. The molecule has 0 radical (unpaired) electrons. The highest BCUT2D eigenvalue weighted by Crippen LogP contribution is 2.21. The van der Waals surface area contributed by atoms with Crippen molar-refractivity contribution in [2.45, 2.75) is 26.5 Å². The molecule has 7 nitrogen and oxygen atoms in total. The minimum atomic E-state index is -0.543. The average molecular weight is 460 g/mol. The molecule has 0 fully saturated rings. The second kappa shape index (κ2) is 10.1. The number of rotatable bonds is 9. The Kier molecular flexibility index (Phi) is 7.24. The number of nitrogens with zero attached hydrogens (tertiary/aromatic N) is 3. The van der Waals surface area contributed by atoms with Crippen LogP contribution in [-0.2, 0) is 17.9 Å². The molecule has 1 heterocycles. The minimum absolute atomic E-state index is 0.0732. The third kappa shape index (κ3) is 5.57. The van der Waals surface area contributed by atoms with Crippen LogP contribution >= 0.6 is 15.9 Å². The van der Waals surface area contributed by atoms with Crippen molar-refractivity contribution >= 4 is 21.9 Å². The van der Waals surface area contributed by atoms with Crippen LogP contribution < -0.4 is 9.47 Å². The fourth-order valence-electron chi connectivity index (χ4n) is 2.58. The predicted octanol–water partition coefficient (Wildman–Crippen LogP) is 4.24. The second-order valence-electron chi connectivity index (χ2n) is 6.30. The van der Waals surface area contributed by atoms with Gasteiger partial charge in [0.25, 0.3) is 0 Å². The first-order valence-electron chi connectivity index (χ1n) is 9.21. The molecule has 0 saturated heterocycles. The van der Waals surface area contributed by atoms with E-state index in [0.29, 0.717) is 13.2 Å². The van der Waals surface area contributed by atoms with Crippen molar-refractivity contribution in [1.82, 2.24) is 15.0 Å². The van der Waals surface area contributed by atoms with Crippen LogP contribution in [-0.4, -0.2) is 34.7 Å². The molecule has 0 N–H and O–H groups in total. The molecule has 3 aromatic rings. The fourth-order valence-corrected chi connectivity index (χ4v) is 2.84. The summed E-state index contributed by atoms with van der Waals surface area (Å²) < 4.78 is 18.9. The monoisotopic (exact) mass is 459 g/mol. The lowest BCUT2D eigenvalue weighted by Crippen LogP contribution is -2.11. The van der Waals surface area contributed by atoms with E-state index in [1.165, 1.54) is 0 Å². The van der Waals surface area contributed by atoms with Crippen LogP contribution in [0.4, 0.5) is 0 Å². The first-order chi connectivity index (χ1) is 14.1. The van der Waals surface area contributed by atoms with E-state index in [4.69, 9.17) is 14.2 Å². The quantitative estimate of drug-likeness (QED) is 0.445. The summed E-state index contributed by atoms with van der Waals surface area (Å²) in [6.45, 7) is 2.92. The summed E-state index contributed by atoms with van der Waals surface area (Å²) in [6.07, 6.45) is 0.723. The first kappa shape index (κ1) is 20.9. The number of hydrogen-bond acceptors (Lipinski definition) is 6. The van der Waals surface area contributed by atoms with Gasteiger partial charge >= 0.3 is 5.97 Å². The molecule has 2 aromatic carbocycles. The second-order valence-corrected chi connectivity index (χ2v) is 7.22. The van der Waals surface area contributed by atoms with Crippen molar-refractivity contribution in [1.29, 1.82) is 0 Å². The standard InChI is InChI=1S/C21H22BrN3O4/c1-3-12-28-21(26)19-20(29-14-16-4-8-17(22)9-5-16)25(24-23-19)13-15-6-10-18(27-2)11-7-15/h4-11H,3,12-14H2,1-2H3. The Morgan fingerprint density at radius 3 is 2.41 bits per heavy atom. The van der Waals surface area contributed by atoms with Crippen LogP contribution in [0.5, 0.6) is 11.6 Å². The number of ether oxygens (including phenoxy) is 3. The molecule has 0 aliphatic heterocycles. The number of methoxy groups -OCH3 is 1. The highest BCUT2D eigenvalue weighted by Gasteiger charge is 2.23. The molecule has 3 rings (SSSR count). The zero-order chi connectivity index (χ0) is 20.6. The topological polar surface area (TPSA) is 75.5 Å². The summed E-state index contributed by atoms with van der Waals surface area (Å²) >= 11 is 3.41. The third-order valence-corrected chi connectivity index (χ3v) is 4.63. The van der Waals surface area contributed by atoms with E-state index in [9.17, 15) is 4.79 Å². The molecule has 0 spiro atoms. The number of esters is 1. The molecule has 0 atom stereocenters. The van der Waals surface area contributed by atoms with Gasteiger partial charge in [-0.2, -0.15) is 0 Å². The Hall–Kier alpha value is -2.87. The Balaban J connectivity index is 1.82. The van der Waals surface area contributed by atoms with E-state index in [-0.39, 0.29) is 18.2 Å². The molecule has 0 saturated carbocycles. The van der Waals surface area contributed by atoms with Crippen LogP contribution in [0.3, 0.4) is 0 Å². The van der Waals surface area contributed by atoms with Gasteiger partial charge in [-0.1, -0.05) is 52.3 Å². The lowest BCUT2D eigenvalue weighted by molar-refractivity contribution is 0.0492. The number of benzene rings is 2. The van der Waals surface area contributed by atoms with Gasteiger partial charge in [-0.05, 0) is 41.8 Å². The number of halogens is 1. The largest absolute Gasteiger partial charge is 0.497 e. The van der Waals surface area contributed by atoms with Crippen molar-refractivity contribution in [3.05, 3.63) is 69.8 Å². The minimum Gasteiger partial charge on any atom is -0.497 e. The van der Waals surface area contributed by atoms with Crippen LogP contribution in [0.15, 0.2) is 53.0 Å². The zero-order valence-corrected chi connectivity index (χ0v) is 17.9. The Morgan fingerprint density at radius 1 is 1.07 bits per heavy atom. The Morgan fingerprint density at radius 2 is 1.76 bits per heavy atom. The molecule has 29 heavy (non-hydrogen) atoms. The summed E-state index contributed by atoms with van der Waals surface area (Å²) in [5.41, 5.74) is 2.00. The zero-order valence-electron chi connectivity index (χ0n) is 16.3. The van der Waals surface area contributed by atoms with Crippen molar-refractivity contribution in [2.24, 2.45) is 0 Å². The number of aromatic nitrogens is 3. The van der Waals surface area contributed by atoms with Crippen LogP contribution in [0.25, 0.3) is 0 Å².